The van der Waals surface area contributed by atoms with Crippen LogP contribution < -0.4 is 5.32 Å². The summed E-state index contributed by atoms with van der Waals surface area (Å²) in [5.74, 6) is -0.834. The number of carbonyl (C=O) groups excluding carboxylic acids is 1. The van der Waals surface area contributed by atoms with Crippen molar-refractivity contribution in [3.05, 3.63) is 0 Å². The number of hydrogen-bond acceptors (Lipinski definition) is 2. The largest absolute Gasteiger partial charge is 0.481 e. The maximum Gasteiger partial charge on any atom is 0.318 e. The van der Waals surface area contributed by atoms with Gasteiger partial charge in [0, 0.05) is 12.6 Å². The van der Waals surface area contributed by atoms with Crippen LogP contribution in [0, 0.1) is 0 Å². The molecule has 20 heavy (non-hydrogen) atoms. The van der Waals surface area contributed by atoms with E-state index in [1.54, 1.807) is 4.90 Å². The van der Waals surface area contributed by atoms with Crippen LogP contribution in [-0.2, 0) is 4.79 Å². The highest BCUT2D eigenvalue weighted by molar-refractivity contribution is 5.77. The van der Waals surface area contributed by atoms with Crippen molar-refractivity contribution < 1.29 is 14.7 Å². The van der Waals surface area contributed by atoms with Gasteiger partial charge in [-0.25, -0.2) is 4.79 Å². The molecule has 0 bridgehead atoms. The van der Waals surface area contributed by atoms with Crippen molar-refractivity contribution in [1.29, 1.82) is 0 Å². The lowest BCUT2D eigenvalue weighted by atomic mass is 9.79. The summed E-state index contributed by atoms with van der Waals surface area (Å²) in [6.45, 7) is 6.67. The third kappa shape index (κ3) is 4.39. The molecule has 1 unspecified atom stereocenters. The van der Waals surface area contributed by atoms with E-state index in [1.165, 1.54) is 0 Å². The number of carboxylic acid groups (broad SMARTS) is 1. The molecule has 0 spiro atoms. The number of hydrogen-bond donors (Lipinski definition) is 2. The lowest BCUT2D eigenvalue weighted by Gasteiger charge is -2.39. The molecule has 0 aromatic heterocycles. The lowest BCUT2D eigenvalue weighted by Crippen LogP contribution is -2.56. The first-order valence-electron chi connectivity index (χ1n) is 7.74. The summed E-state index contributed by atoms with van der Waals surface area (Å²) in [6, 6.07) is 0.0514. The number of amides is 2. The Kier molecular flexibility index (Phi) is 6.30. The summed E-state index contributed by atoms with van der Waals surface area (Å²) in [4.78, 5) is 25.4. The third-order valence-corrected chi connectivity index (χ3v) is 4.40. The molecule has 0 aromatic carbocycles. The average Bonchev–Trinajstić information content (AvgIpc) is 2.39. The Morgan fingerprint density at radius 2 is 1.85 bits per heavy atom. The molecule has 0 aromatic rings. The highest BCUT2D eigenvalue weighted by Crippen LogP contribution is 2.31. The molecule has 5 heteroatoms. The van der Waals surface area contributed by atoms with Gasteiger partial charge in [-0.1, -0.05) is 26.2 Å². The Bertz CT molecular complexity index is 338. The number of aliphatic carboxylic acids is 1. The highest BCUT2D eigenvalue weighted by Gasteiger charge is 2.37. The van der Waals surface area contributed by atoms with Crippen molar-refractivity contribution in [3.8, 4) is 0 Å². The Morgan fingerprint density at radius 3 is 2.30 bits per heavy atom. The summed E-state index contributed by atoms with van der Waals surface area (Å²) in [5, 5.41) is 12.2. The van der Waals surface area contributed by atoms with E-state index in [1.807, 2.05) is 20.8 Å². The predicted octanol–water partition coefficient (Wildman–Crippen LogP) is 2.99. The van der Waals surface area contributed by atoms with E-state index in [0.29, 0.717) is 6.54 Å². The molecule has 1 aliphatic carbocycles. The summed E-state index contributed by atoms with van der Waals surface area (Å²) in [7, 11) is 0. The first-order chi connectivity index (χ1) is 9.44. The van der Waals surface area contributed by atoms with Crippen molar-refractivity contribution in [1.82, 2.24) is 10.2 Å². The van der Waals surface area contributed by atoms with E-state index in [2.05, 4.69) is 5.32 Å². The molecule has 1 rings (SSSR count). The van der Waals surface area contributed by atoms with Crippen LogP contribution in [0.4, 0.5) is 4.79 Å². The fourth-order valence-corrected chi connectivity index (χ4v) is 3.04. The van der Waals surface area contributed by atoms with E-state index in [9.17, 15) is 9.59 Å². The molecule has 0 radical (unpaired) electrons. The topological polar surface area (TPSA) is 69.6 Å². The van der Waals surface area contributed by atoms with Gasteiger partial charge in [-0.3, -0.25) is 4.79 Å². The first-order valence-corrected chi connectivity index (χ1v) is 7.74. The fraction of sp³-hybridized carbons (Fsp3) is 0.867. The van der Waals surface area contributed by atoms with Crippen molar-refractivity contribution >= 4 is 12.0 Å². The second-order valence-corrected chi connectivity index (χ2v) is 5.88. The number of urea groups is 1. The Hall–Kier alpha value is -1.26. The van der Waals surface area contributed by atoms with Crippen LogP contribution in [0.15, 0.2) is 0 Å². The molecule has 116 valence electrons. The average molecular weight is 284 g/mol. The van der Waals surface area contributed by atoms with Gasteiger partial charge in [0.15, 0.2) is 0 Å². The van der Waals surface area contributed by atoms with Gasteiger partial charge in [0.25, 0.3) is 0 Å². The van der Waals surface area contributed by atoms with Gasteiger partial charge in [0.05, 0.1) is 12.0 Å². The quantitative estimate of drug-likeness (QED) is 0.787. The Morgan fingerprint density at radius 1 is 1.25 bits per heavy atom. The van der Waals surface area contributed by atoms with Gasteiger partial charge in [-0.05, 0) is 33.1 Å². The van der Waals surface area contributed by atoms with E-state index in [-0.39, 0.29) is 18.5 Å². The van der Waals surface area contributed by atoms with Crippen LogP contribution in [0.3, 0.4) is 0 Å². The Labute approximate surface area is 121 Å². The molecule has 1 atom stereocenters. The van der Waals surface area contributed by atoms with Crippen LogP contribution in [0.1, 0.15) is 65.7 Å². The molecule has 2 amide bonds. The standard InChI is InChI=1S/C15H28N2O3/c1-4-12(3)17(5-2)14(20)16-15(11-13(18)19)9-7-6-8-10-15/h12H,4-11H2,1-3H3,(H,16,20)(H,18,19). The minimum absolute atomic E-state index is 0.0246. The summed E-state index contributed by atoms with van der Waals surface area (Å²) in [5.41, 5.74) is -0.554. The van der Waals surface area contributed by atoms with Crippen molar-refractivity contribution in [2.45, 2.75) is 77.3 Å². The highest BCUT2D eigenvalue weighted by atomic mass is 16.4. The molecule has 1 aliphatic rings. The first kappa shape index (κ1) is 16.8. The molecule has 0 heterocycles. The maximum atomic E-state index is 12.5. The summed E-state index contributed by atoms with van der Waals surface area (Å²) >= 11 is 0. The number of nitrogens with one attached hydrogen (secondary N) is 1. The van der Waals surface area contributed by atoms with Gasteiger partial charge in [-0.2, -0.15) is 0 Å². The molecule has 2 N–H and O–H groups in total. The second kappa shape index (κ2) is 7.50. The van der Waals surface area contributed by atoms with Gasteiger partial charge >= 0.3 is 12.0 Å². The number of rotatable bonds is 6. The number of carboxylic acids is 1. The SMILES string of the molecule is CCC(C)N(CC)C(=O)NC1(CC(=O)O)CCCCC1. The maximum absolute atomic E-state index is 12.5. The summed E-state index contributed by atoms with van der Waals surface area (Å²) in [6.07, 6.45) is 5.56. The van der Waals surface area contributed by atoms with Gasteiger partial charge < -0.3 is 15.3 Å². The van der Waals surface area contributed by atoms with E-state index in [0.717, 1.165) is 38.5 Å². The third-order valence-electron chi connectivity index (χ3n) is 4.40. The monoisotopic (exact) mass is 284 g/mol. The molecule has 0 aliphatic heterocycles. The predicted molar refractivity (Wildman–Crippen MR) is 78.7 cm³/mol. The molecule has 1 saturated carbocycles. The van der Waals surface area contributed by atoms with Gasteiger partial charge in [0.1, 0.15) is 0 Å². The second-order valence-electron chi connectivity index (χ2n) is 5.88. The zero-order chi connectivity index (χ0) is 15.2. The van der Waals surface area contributed by atoms with Crippen LogP contribution in [-0.4, -0.2) is 40.1 Å². The van der Waals surface area contributed by atoms with E-state index < -0.39 is 11.5 Å². The molecule has 0 saturated heterocycles. The van der Waals surface area contributed by atoms with Crippen molar-refractivity contribution in [2.24, 2.45) is 0 Å². The van der Waals surface area contributed by atoms with Crippen molar-refractivity contribution in [2.75, 3.05) is 6.54 Å². The van der Waals surface area contributed by atoms with Crippen molar-refractivity contribution in [3.63, 3.8) is 0 Å². The van der Waals surface area contributed by atoms with Crippen LogP contribution in [0.5, 0.6) is 0 Å². The molecular weight excluding hydrogens is 256 g/mol. The fourth-order valence-electron chi connectivity index (χ4n) is 3.04. The molecular formula is C15H28N2O3. The smallest absolute Gasteiger partial charge is 0.318 e. The van der Waals surface area contributed by atoms with Gasteiger partial charge in [-0.15, -0.1) is 0 Å². The van der Waals surface area contributed by atoms with Gasteiger partial charge in [0.2, 0.25) is 0 Å². The minimum atomic E-state index is -0.834. The zero-order valence-corrected chi connectivity index (χ0v) is 12.9. The summed E-state index contributed by atoms with van der Waals surface area (Å²) < 4.78 is 0. The van der Waals surface area contributed by atoms with E-state index >= 15 is 0 Å². The zero-order valence-electron chi connectivity index (χ0n) is 12.9. The molecule has 1 fully saturated rings. The minimum Gasteiger partial charge on any atom is -0.481 e. The lowest BCUT2D eigenvalue weighted by molar-refractivity contribution is -0.139. The Balaban J connectivity index is 2.77. The van der Waals surface area contributed by atoms with Crippen LogP contribution >= 0.6 is 0 Å². The number of carbonyl (C=O) groups is 2. The van der Waals surface area contributed by atoms with E-state index in [4.69, 9.17) is 5.11 Å². The molecule has 5 nitrogen and oxygen atoms in total. The number of nitrogens with zero attached hydrogens (tertiary/aromatic N) is 1. The normalized spacial score (nSPS) is 19.1. The van der Waals surface area contributed by atoms with Crippen LogP contribution in [0.2, 0.25) is 0 Å². The van der Waals surface area contributed by atoms with Crippen LogP contribution in [0.25, 0.3) is 0 Å².